The number of rotatable bonds is 4. The second kappa shape index (κ2) is 9.70. The van der Waals surface area contributed by atoms with Crippen LogP contribution in [0.15, 0.2) is 60.8 Å². The largest absolute Gasteiger partial charge is 0.0877 e. The van der Waals surface area contributed by atoms with Crippen molar-refractivity contribution in [3.63, 3.8) is 0 Å². The summed E-state index contributed by atoms with van der Waals surface area (Å²) >= 11 is 0. The standard InChI is InChI=1S/C12H16/c1-3-5-7-9-11-12-10-8-6-4-2/h3-12H,1-2H3/b5-3+,6-4+,9-7+,10-8+,12-11+. The highest BCUT2D eigenvalue weighted by Crippen LogP contribution is 1.82. The van der Waals surface area contributed by atoms with E-state index in [1.165, 1.54) is 0 Å². The third kappa shape index (κ3) is 8.70. The molecule has 0 bridgehead atoms. The van der Waals surface area contributed by atoms with Gasteiger partial charge < -0.3 is 0 Å². The van der Waals surface area contributed by atoms with Gasteiger partial charge in [0.15, 0.2) is 0 Å². The molecule has 0 spiro atoms. The third-order valence-electron chi connectivity index (χ3n) is 1.16. The van der Waals surface area contributed by atoms with E-state index >= 15 is 0 Å². The van der Waals surface area contributed by atoms with Gasteiger partial charge in [-0.1, -0.05) is 60.8 Å². The zero-order chi connectivity index (χ0) is 9.07. The zero-order valence-electron chi connectivity index (χ0n) is 7.77. The van der Waals surface area contributed by atoms with Crippen molar-refractivity contribution < 1.29 is 0 Å². The second-order valence-corrected chi connectivity index (χ2v) is 2.21. The molecular weight excluding hydrogens is 144 g/mol. The highest BCUT2D eigenvalue weighted by atomic mass is 13.7. The average Bonchev–Trinajstić information content (AvgIpc) is 2.10. The van der Waals surface area contributed by atoms with Gasteiger partial charge in [-0.15, -0.1) is 0 Å². The van der Waals surface area contributed by atoms with Crippen LogP contribution in [0.1, 0.15) is 13.8 Å². The first-order valence-electron chi connectivity index (χ1n) is 4.15. The Hall–Kier alpha value is -1.30. The molecule has 0 heterocycles. The number of hydrogen-bond donors (Lipinski definition) is 0. The van der Waals surface area contributed by atoms with Crippen LogP contribution in [0.4, 0.5) is 0 Å². The van der Waals surface area contributed by atoms with Crippen molar-refractivity contribution in [3.05, 3.63) is 60.8 Å². The first-order valence-corrected chi connectivity index (χ1v) is 4.15. The van der Waals surface area contributed by atoms with Gasteiger partial charge in [-0.2, -0.15) is 0 Å². The molecule has 0 amide bonds. The summed E-state index contributed by atoms with van der Waals surface area (Å²) in [5, 5.41) is 0. The molecule has 0 saturated heterocycles. The molecule has 64 valence electrons. The summed E-state index contributed by atoms with van der Waals surface area (Å²) in [6, 6.07) is 0. The van der Waals surface area contributed by atoms with Crippen LogP contribution in [0.2, 0.25) is 0 Å². The van der Waals surface area contributed by atoms with Gasteiger partial charge in [-0.05, 0) is 13.8 Å². The maximum absolute atomic E-state index is 2.00. The minimum Gasteiger partial charge on any atom is -0.0877 e. The Morgan fingerprint density at radius 3 is 0.917 bits per heavy atom. The lowest BCUT2D eigenvalue weighted by Crippen LogP contribution is -1.50. The minimum absolute atomic E-state index is 2.00. The predicted molar refractivity (Wildman–Crippen MR) is 57.0 cm³/mol. The normalized spacial score (nSPS) is 13.8. The molecule has 0 fully saturated rings. The molecule has 0 aliphatic heterocycles. The Morgan fingerprint density at radius 1 is 0.417 bits per heavy atom. The quantitative estimate of drug-likeness (QED) is 0.549. The van der Waals surface area contributed by atoms with E-state index in [1.807, 2.05) is 74.6 Å². The summed E-state index contributed by atoms with van der Waals surface area (Å²) in [6.07, 6.45) is 20.0. The summed E-state index contributed by atoms with van der Waals surface area (Å²) in [5.74, 6) is 0. The molecule has 0 aromatic carbocycles. The van der Waals surface area contributed by atoms with Crippen LogP contribution < -0.4 is 0 Å². The molecule has 12 heavy (non-hydrogen) atoms. The maximum Gasteiger partial charge on any atom is -0.0467 e. The molecule has 0 heteroatoms. The fourth-order valence-electron chi connectivity index (χ4n) is 0.607. The molecule has 0 N–H and O–H groups in total. The molecule has 0 saturated carbocycles. The summed E-state index contributed by atoms with van der Waals surface area (Å²) in [6.45, 7) is 4.00. The van der Waals surface area contributed by atoms with Crippen LogP contribution in [-0.4, -0.2) is 0 Å². The van der Waals surface area contributed by atoms with Crippen molar-refractivity contribution in [1.29, 1.82) is 0 Å². The molecule has 0 rings (SSSR count). The third-order valence-corrected chi connectivity index (χ3v) is 1.16. The lowest BCUT2D eigenvalue weighted by Gasteiger charge is -1.72. The summed E-state index contributed by atoms with van der Waals surface area (Å²) in [7, 11) is 0. The van der Waals surface area contributed by atoms with Crippen LogP contribution in [0.5, 0.6) is 0 Å². The van der Waals surface area contributed by atoms with E-state index in [0.29, 0.717) is 0 Å². The van der Waals surface area contributed by atoms with E-state index in [1.54, 1.807) is 0 Å². The molecule has 0 radical (unpaired) electrons. The van der Waals surface area contributed by atoms with E-state index in [-0.39, 0.29) is 0 Å². The molecule has 0 atom stereocenters. The van der Waals surface area contributed by atoms with E-state index in [9.17, 15) is 0 Å². The van der Waals surface area contributed by atoms with Crippen LogP contribution in [0, 0.1) is 0 Å². The fourth-order valence-corrected chi connectivity index (χ4v) is 0.607. The van der Waals surface area contributed by atoms with Crippen LogP contribution >= 0.6 is 0 Å². The zero-order valence-corrected chi connectivity index (χ0v) is 7.77. The second-order valence-electron chi connectivity index (χ2n) is 2.21. The van der Waals surface area contributed by atoms with Crippen LogP contribution in [0.3, 0.4) is 0 Å². The molecular formula is C12H16. The summed E-state index contributed by atoms with van der Waals surface area (Å²) in [4.78, 5) is 0. The summed E-state index contributed by atoms with van der Waals surface area (Å²) < 4.78 is 0. The van der Waals surface area contributed by atoms with E-state index in [2.05, 4.69) is 0 Å². The highest BCUT2D eigenvalue weighted by Gasteiger charge is 1.60. The molecule has 0 aromatic rings. The van der Waals surface area contributed by atoms with Crippen molar-refractivity contribution in [2.75, 3.05) is 0 Å². The molecule has 0 unspecified atom stereocenters. The first-order chi connectivity index (χ1) is 5.91. The SMILES string of the molecule is C/C=C/C=C/C=C/C=C/C=C/C. The number of hydrogen-bond acceptors (Lipinski definition) is 0. The molecule has 0 nitrogen and oxygen atoms in total. The van der Waals surface area contributed by atoms with Gasteiger partial charge >= 0.3 is 0 Å². The Morgan fingerprint density at radius 2 is 0.667 bits per heavy atom. The lowest BCUT2D eigenvalue weighted by molar-refractivity contribution is 1.72. The van der Waals surface area contributed by atoms with Gasteiger partial charge in [0, 0.05) is 0 Å². The lowest BCUT2D eigenvalue weighted by atomic mass is 10.4. The summed E-state index contributed by atoms with van der Waals surface area (Å²) in [5.41, 5.74) is 0. The van der Waals surface area contributed by atoms with Gasteiger partial charge in [-0.3, -0.25) is 0 Å². The smallest absolute Gasteiger partial charge is 0.0467 e. The Bertz CT molecular complexity index is 188. The average molecular weight is 160 g/mol. The van der Waals surface area contributed by atoms with Gasteiger partial charge in [0.05, 0.1) is 0 Å². The van der Waals surface area contributed by atoms with Gasteiger partial charge in [0.1, 0.15) is 0 Å². The van der Waals surface area contributed by atoms with Crippen molar-refractivity contribution in [1.82, 2.24) is 0 Å². The number of allylic oxidation sites excluding steroid dienone is 10. The molecule has 0 aromatic heterocycles. The Kier molecular flexibility index (Phi) is 8.65. The maximum atomic E-state index is 2.00. The molecule has 0 aliphatic carbocycles. The van der Waals surface area contributed by atoms with Gasteiger partial charge in [0.25, 0.3) is 0 Å². The van der Waals surface area contributed by atoms with E-state index < -0.39 is 0 Å². The Balaban J connectivity index is 3.62. The monoisotopic (exact) mass is 160 g/mol. The van der Waals surface area contributed by atoms with Crippen LogP contribution in [0.25, 0.3) is 0 Å². The minimum atomic E-state index is 2.00. The van der Waals surface area contributed by atoms with Crippen LogP contribution in [-0.2, 0) is 0 Å². The molecule has 0 aliphatic rings. The highest BCUT2D eigenvalue weighted by molar-refractivity contribution is 5.17. The first kappa shape index (κ1) is 10.7. The van der Waals surface area contributed by atoms with E-state index in [0.717, 1.165) is 0 Å². The van der Waals surface area contributed by atoms with E-state index in [4.69, 9.17) is 0 Å². The van der Waals surface area contributed by atoms with Crippen molar-refractivity contribution in [2.45, 2.75) is 13.8 Å². The van der Waals surface area contributed by atoms with Gasteiger partial charge in [0.2, 0.25) is 0 Å². The topological polar surface area (TPSA) is 0 Å². The fraction of sp³-hybridized carbons (Fsp3) is 0.167. The van der Waals surface area contributed by atoms with Gasteiger partial charge in [-0.25, -0.2) is 0 Å². The van der Waals surface area contributed by atoms with Crippen molar-refractivity contribution in [3.8, 4) is 0 Å². The predicted octanol–water partition coefficient (Wildman–Crippen LogP) is 3.81. The Labute approximate surface area is 75.3 Å². The van der Waals surface area contributed by atoms with Crippen molar-refractivity contribution >= 4 is 0 Å². The van der Waals surface area contributed by atoms with Crippen molar-refractivity contribution in [2.24, 2.45) is 0 Å².